The standard InChI is InChI=1S/C22H40ClN5O5Si2/c1-11(2)34(12(3)4)33-35(13(5)6,14(7)8)31-9-15-18(29)16(23)21(32-15)28-10-25-17-19(28)26-22(24)27-20(17)30/h10-16,18,21,29,34H,9H2,1-8H3,(H3,24,26,27,30)/t15-,16+,18?,21-/m1/s1. The third-order valence-electron chi connectivity index (χ3n) is 6.74. The van der Waals surface area contributed by atoms with E-state index in [9.17, 15) is 9.90 Å². The van der Waals surface area contributed by atoms with Crippen molar-refractivity contribution in [3.05, 3.63) is 16.7 Å². The normalized spacial score (nSPS) is 23.7. The Balaban J connectivity index is 1.85. The molecule has 1 unspecified atom stereocenters. The van der Waals surface area contributed by atoms with Crippen LogP contribution in [0.25, 0.3) is 11.2 Å². The van der Waals surface area contributed by atoms with Gasteiger partial charge in [0.25, 0.3) is 5.56 Å². The zero-order valence-corrected chi connectivity index (χ0v) is 24.8. The molecule has 0 radical (unpaired) electrons. The van der Waals surface area contributed by atoms with Crippen LogP contribution in [-0.4, -0.2) is 66.4 Å². The van der Waals surface area contributed by atoms with Crippen LogP contribution in [0.4, 0.5) is 5.95 Å². The highest BCUT2D eigenvalue weighted by atomic mass is 35.5. The van der Waals surface area contributed by atoms with Gasteiger partial charge in [0.2, 0.25) is 5.95 Å². The quantitative estimate of drug-likeness (QED) is 0.305. The number of hydrogen-bond donors (Lipinski definition) is 3. The van der Waals surface area contributed by atoms with Gasteiger partial charge < -0.3 is 24.1 Å². The maximum Gasteiger partial charge on any atom is 0.333 e. The van der Waals surface area contributed by atoms with Gasteiger partial charge in [-0.1, -0.05) is 55.4 Å². The average Bonchev–Trinajstić information content (AvgIpc) is 3.29. The first kappa shape index (κ1) is 28.3. The summed E-state index contributed by atoms with van der Waals surface area (Å²) in [6.07, 6.45) is -1.03. The Morgan fingerprint density at radius 3 is 2.37 bits per heavy atom. The van der Waals surface area contributed by atoms with E-state index in [2.05, 4.69) is 70.3 Å². The summed E-state index contributed by atoms with van der Waals surface area (Å²) >= 11 is 6.60. The lowest BCUT2D eigenvalue weighted by atomic mass is 10.2. The van der Waals surface area contributed by atoms with Gasteiger partial charge in [-0.05, 0) is 22.2 Å². The number of ether oxygens (including phenoxy) is 1. The lowest BCUT2D eigenvalue weighted by molar-refractivity contribution is -0.0438. The molecule has 2 aromatic heterocycles. The van der Waals surface area contributed by atoms with Gasteiger partial charge >= 0.3 is 8.56 Å². The predicted octanol–water partition coefficient (Wildman–Crippen LogP) is 3.41. The molecule has 2 aromatic rings. The molecule has 0 amide bonds. The minimum atomic E-state index is -2.67. The largest absolute Gasteiger partial charge is 0.437 e. The fraction of sp³-hybridized carbons (Fsp3) is 0.773. The van der Waals surface area contributed by atoms with Crippen LogP contribution >= 0.6 is 11.6 Å². The number of nitrogens with one attached hydrogen (secondary N) is 1. The summed E-state index contributed by atoms with van der Waals surface area (Å²) in [6, 6.07) is 0. The molecule has 1 aliphatic heterocycles. The number of fused-ring (bicyclic) bond motifs is 1. The maximum absolute atomic E-state index is 12.2. The highest BCUT2D eigenvalue weighted by Crippen LogP contribution is 2.40. The summed E-state index contributed by atoms with van der Waals surface area (Å²) in [4.78, 5) is 22.9. The van der Waals surface area contributed by atoms with Crippen LogP contribution in [0.5, 0.6) is 0 Å². The van der Waals surface area contributed by atoms with Crippen LogP contribution in [0.2, 0.25) is 22.2 Å². The number of hydrogen-bond acceptors (Lipinski definition) is 8. The van der Waals surface area contributed by atoms with E-state index < -0.39 is 47.0 Å². The van der Waals surface area contributed by atoms with Crippen LogP contribution in [0, 0.1) is 0 Å². The van der Waals surface area contributed by atoms with Gasteiger partial charge in [0, 0.05) is 0 Å². The molecule has 3 heterocycles. The lowest BCUT2D eigenvalue weighted by Crippen LogP contribution is -2.54. The summed E-state index contributed by atoms with van der Waals surface area (Å²) in [6.45, 7) is 17.7. The Morgan fingerprint density at radius 1 is 1.23 bits per heavy atom. The third kappa shape index (κ3) is 5.53. The third-order valence-corrected chi connectivity index (χ3v) is 16.2. The van der Waals surface area contributed by atoms with E-state index in [4.69, 9.17) is 30.6 Å². The molecule has 0 aromatic carbocycles. The zero-order chi connectivity index (χ0) is 26.2. The summed E-state index contributed by atoms with van der Waals surface area (Å²) in [5, 5.41) is 10.1. The van der Waals surface area contributed by atoms with Gasteiger partial charge in [0.15, 0.2) is 26.4 Å². The molecule has 0 aliphatic carbocycles. The first-order valence-electron chi connectivity index (χ1n) is 12.3. The Morgan fingerprint density at radius 2 is 1.83 bits per heavy atom. The molecule has 0 bridgehead atoms. The van der Waals surface area contributed by atoms with E-state index in [-0.39, 0.29) is 34.8 Å². The van der Waals surface area contributed by atoms with Crippen molar-refractivity contribution in [2.75, 3.05) is 12.3 Å². The number of nitrogens with two attached hydrogens (primary N) is 1. The smallest absolute Gasteiger partial charge is 0.333 e. The second-order valence-corrected chi connectivity index (χ2v) is 19.8. The highest BCUT2D eigenvalue weighted by Gasteiger charge is 2.50. The van der Waals surface area contributed by atoms with Crippen molar-refractivity contribution < 1.29 is 18.4 Å². The van der Waals surface area contributed by atoms with Crippen LogP contribution in [0.3, 0.4) is 0 Å². The number of aliphatic hydroxyl groups is 1. The van der Waals surface area contributed by atoms with Gasteiger partial charge in [0.1, 0.15) is 17.6 Å². The molecule has 0 spiro atoms. The highest BCUT2D eigenvalue weighted by molar-refractivity contribution is 6.78. The molecule has 198 valence electrons. The van der Waals surface area contributed by atoms with Gasteiger partial charge in [-0.3, -0.25) is 14.3 Å². The van der Waals surface area contributed by atoms with Crippen LogP contribution in [0.15, 0.2) is 11.1 Å². The average molecular weight is 546 g/mol. The molecular formula is C22H40ClN5O5Si2. The van der Waals surface area contributed by atoms with Gasteiger partial charge in [-0.15, -0.1) is 11.6 Å². The monoisotopic (exact) mass is 545 g/mol. The molecule has 1 fully saturated rings. The summed E-state index contributed by atoms with van der Waals surface area (Å²) in [5.74, 6) is -0.0374. The maximum atomic E-state index is 12.2. The van der Waals surface area contributed by atoms with Crippen molar-refractivity contribution >= 4 is 46.3 Å². The van der Waals surface area contributed by atoms with E-state index in [1.165, 1.54) is 10.9 Å². The van der Waals surface area contributed by atoms with Crippen molar-refractivity contribution in [3.63, 3.8) is 0 Å². The van der Waals surface area contributed by atoms with Crippen LogP contribution < -0.4 is 11.3 Å². The van der Waals surface area contributed by atoms with Crippen LogP contribution in [0.1, 0.15) is 61.6 Å². The van der Waals surface area contributed by atoms with Crippen molar-refractivity contribution in [2.45, 2.75) is 101 Å². The fourth-order valence-corrected chi connectivity index (χ4v) is 15.6. The van der Waals surface area contributed by atoms with Gasteiger partial charge in [-0.25, -0.2) is 4.98 Å². The molecule has 1 saturated heterocycles. The number of aromatic nitrogens is 4. The van der Waals surface area contributed by atoms with Crippen molar-refractivity contribution in [3.8, 4) is 0 Å². The second-order valence-electron chi connectivity index (χ2n) is 10.7. The first-order valence-corrected chi connectivity index (χ1v) is 16.5. The molecule has 13 heteroatoms. The first-order chi connectivity index (χ1) is 16.3. The molecule has 35 heavy (non-hydrogen) atoms. The van der Waals surface area contributed by atoms with E-state index in [0.29, 0.717) is 11.1 Å². The second kappa shape index (κ2) is 11.0. The SMILES string of the molecule is CC(C)[SiH](O[Si](OC[C@H]1O[C@@H](n2cnc3c(=O)[nH]c(N)nc32)[C@@H](Cl)C1O)(C(C)C)C(C)C)C(C)C. The molecule has 0 saturated carbocycles. The number of nitrogens with zero attached hydrogens (tertiary/aromatic N) is 3. The Labute approximate surface area is 214 Å². The Bertz CT molecular complexity index is 1050. The number of alkyl halides is 1. The number of halogens is 1. The van der Waals surface area contributed by atoms with E-state index in [1.807, 2.05) is 0 Å². The summed E-state index contributed by atoms with van der Waals surface area (Å²) < 4.78 is 21.4. The molecular weight excluding hydrogens is 506 g/mol. The molecule has 4 N–H and O–H groups in total. The number of H-pyrrole nitrogens is 1. The molecule has 4 atom stereocenters. The number of rotatable bonds is 10. The van der Waals surface area contributed by atoms with E-state index >= 15 is 0 Å². The summed E-state index contributed by atoms with van der Waals surface area (Å²) in [7, 11) is -4.23. The Hall–Kier alpha value is -1.29. The number of imidazole rings is 1. The van der Waals surface area contributed by atoms with Gasteiger partial charge in [0.05, 0.1) is 12.9 Å². The van der Waals surface area contributed by atoms with Crippen molar-refractivity contribution in [1.29, 1.82) is 0 Å². The van der Waals surface area contributed by atoms with Crippen LogP contribution in [-0.2, 0) is 13.3 Å². The number of aliphatic hydroxyl groups excluding tert-OH is 1. The molecule has 10 nitrogen and oxygen atoms in total. The van der Waals surface area contributed by atoms with Crippen molar-refractivity contribution in [1.82, 2.24) is 19.5 Å². The topological polar surface area (TPSA) is 138 Å². The van der Waals surface area contributed by atoms with E-state index in [1.54, 1.807) is 0 Å². The number of nitrogen functional groups attached to an aromatic ring is 1. The summed E-state index contributed by atoms with van der Waals surface area (Å²) in [5.41, 5.74) is 7.02. The predicted molar refractivity (Wildman–Crippen MR) is 142 cm³/mol. The van der Waals surface area contributed by atoms with Gasteiger partial charge in [-0.2, -0.15) is 4.98 Å². The lowest BCUT2D eigenvalue weighted by Gasteiger charge is -2.43. The fourth-order valence-electron chi connectivity index (χ4n) is 4.97. The van der Waals surface area contributed by atoms with E-state index in [0.717, 1.165) is 0 Å². The minimum absolute atomic E-state index is 0.0374. The Kier molecular flexibility index (Phi) is 8.88. The number of aromatic amines is 1. The number of anilines is 1. The zero-order valence-electron chi connectivity index (χ0n) is 21.9. The minimum Gasteiger partial charge on any atom is -0.437 e. The molecule has 1 aliphatic rings. The van der Waals surface area contributed by atoms with Crippen molar-refractivity contribution in [2.24, 2.45) is 0 Å². The molecule has 3 rings (SSSR count).